The van der Waals surface area contributed by atoms with Gasteiger partial charge in [-0.1, -0.05) is 0 Å². The van der Waals surface area contributed by atoms with Gasteiger partial charge in [0.05, 0.1) is 13.7 Å². The largest absolute Gasteiger partial charge is 0.360 e. The molecule has 2 rings (SSSR count). The molecular weight excluding hydrogens is 128 g/mol. The Bertz CT molecular complexity index is 258. The Morgan fingerprint density at radius 1 is 1.60 bits per heavy atom. The second-order valence-corrected chi connectivity index (χ2v) is 2.33. The first-order valence-corrected chi connectivity index (χ1v) is 3.19. The van der Waals surface area contributed by atoms with Crippen molar-refractivity contribution in [3.63, 3.8) is 0 Å². The fourth-order valence-electron chi connectivity index (χ4n) is 1.01. The number of aryl methyl sites for hydroxylation is 1. The topological polar surface area (TPSA) is 40.8 Å². The van der Waals surface area contributed by atoms with Crippen molar-refractivity contribution < 1.29 is 4.57 Å². The molecule has 0 saturated carbocycles. The number of hydrogen-bond acceptors (Lipinski definition) is 3. The molecule has 0 fully saturated rings. The number of rotatable bonds is 0. The Labute approximate surface area is 58.9 Å². The summed E-state index contributed by atoms with van der Waals surface area (Å²) in [6.45, 7) is 0.784. The summed E-state index contributed by atoms with van der Waals surface area (Å²) >= 11 is 0. The van der Waals surface area contributed by atoms with Gasteiger partial charge in [-0.3, -0.25) is 0 Å². The summed E-state index contributed by atoms with van der Waals surface area (Å²) in [6.07, 6.45) is 3.78. The standard InChI is InChI=1S/C6H8N4/c1-10-2-5-6(9-4-10)8-3-7-5/h2,4,7H,3H2,1H3/p+1. The van der Waals surface area contributed by atoms with Crippen molar-refractivity contribution in [1.82, 2.24) is 4.98 Å². The van der Waals surface area contributed by atoms with Crippen molar-refractivity contribution in [3.05, 3.63) is 12.5 Å². The molecule has 0 saturated heterocycles. The van der Waals surface area contributed by atoms with Crippen LogP contribution in [0.5, 0.6) is 0 Å². The van der Waals surface area contributed by atoms with Gasteiger partial charge in [-0.25, -0.2) is 4.57 Å². The Kier molecular flexibility index (Phi) is 1.00. The van der Waals surface area contributed by atoms with Gasteiger partial charge in [0.25, 0.3) is 12.1 Å². The van der Waals surface area contributed by atoms with Gasteiger partial charge in [-0.05, 0) is 4.98 Å². The summed E-state index contributed by atoms with van der Waals surface area (Å²) in [5.41, 5.74) is 1.07. The molecule has 52 valence electrons. The van der Waals surface area contributed by atoms with E-state index in [4.69, 9.17) is 0 Å². The molecular formula is C6H9N4+. The van der Waals surface area contributed by atoms with Crippen LogP contribution in [0.25, 0.3) is 0 Å². The van der Waals surface area contributed by atoms with Gasteiger partial charge in [0.1, 0.15) is 11.9 Å². The SMILES string of the molecule is C[n+]1cnc2c(c1)NCN2. The molecule has 0 aromatic carbocycles. The van der Waals surface area contributed by atoms with E-state index in [9.17, 15) is 0 Å². The second kappa shape index (κ2) is 1.83. The molecule has 1 aliphatic rings. The van der Waals surface area contributed by atoms with E-state index in [2.05, 4.69) is 15.6 Å². The summed E-state index contributed by atoms with van der Waals surface area (Å²) in [5, 5.41) is 6.24. The van der Waals surface area contributed by atoms with Gasteiger partial charge in [0.15, 0.2) is 0 Å². The maximum absolute atomic E-state index is 4.15. The van der Waals surface area contributed by atoms with Crippen LogP contribution in [0.15, 0.2) is 12.5 Å². The van der Waals surface area contributed by atoms with E-state index in [0.29, 0.717) is 0 Å². The molecule has 0 spiro atoms. The highest BCUT2D eigenvalue weighted by atomic mass is 15.2. The van der Waals surface area contributed by atoms with Crippen molar-refractivity contribution in [2.75, 3.05) is 17.3 Å². The molecule has 4 nitrogen and oxygen atoms in total. The third-order valence-corrected chi connectivity index (χ3v) is 1.49. The lowest BCUT2D eigenvalue weighted by atomic mass is 10.5. The molecule has 0 bridgehead atoms. The zero-order valence-electron chi connectivity index (χ0n) is 5.76. The van der Waals surface area contributed by atoms with Crippen LogP contribution in [0, 0.1) is 0 Å². The van der Waals surface area contributed by atoms with E-state index in [-0.39, 0.29) is 0 Å². The van der Waals surface area contributed by atoms with E-state index < -0.39 is 0 Å². The second-order valence-electron chi connectivity index (χ2n) is 2.33. The number of nitrogens with one attached hydrogen (secondary N) is 2. The van der Waals surface area contributed by atoms with Gasteiger partial charge < -0.3 is 10.6 Å². The predicted molar refractivity (Wildman–Crippen MR) is 37.5 cm³/mol. The van der Waals surface area contributed by atoms with E-state index in [0.717, 1.165) is 18.2 Å². The maximum atomic E-state index is 4.15. The van der Waals surface area contributed by atoms with Crippen LogP contribution in [0.4, 0.5) is 11.5 Å². The number of aromatic nitrogens is 2. The lowest BCUT2D eigenvalue weighted by Gasteiger charge is -1.90. The van der Waals surface area contributed by atoms with Gasteiger partial charge in [-0.2, -0.15) is 0 Å². The maximum Gasteiger partial charge on any atom is 0.288 e. The average molecular weight is 137 g/mol. The van der Waals surface area contributed by atoms with E-state index >= 15 is 0 Å². The van der Waals surface area contributed by atoms with Gasteiger partial charge >= 0.3 is 0 Å². The normalized spacial score (nSPS) is 13.7. The van der Waals surface area contributed by atoms with Crippen LogP contribution >= 0.6 is 0 Å². The van der Waals surface area contributed by atoms with Crippen LogP contribution in [0.2, 0.25) is 0 Å². The van der Waals surface area contributed by atoms with Crippen molar-refractivity contribution in [2.45, 2.75) is 0 Å². The summed E-state index contributed by atoms with van der Waals surface area (Å²) in [5.74, 6) is 0.943. The molecule has 2 heterocycles. The minimum absolute atomic E-state index is 0.784. The highest BCUT2D eigenvalue weighted by Crippen LogP contribution is 2.19. The smallest absolute Gasteiger partial charge is 0.288 e. The zero-order chi connectivity index (χ0) is 6.97. The number of fused-ring (bicyclic) bond motifs is 1. The summed E-state index contributed by atoms with van der Waals surface area (Å²) in [7, 11) is 1.95. The molecule has 1 aromatic rings. The highest BCUT2D eigenvalue weighted by molar-refractivity contribution is 5.66. The fraction of sp³-hybridized carbons (Fsp3) is 0.333. The van der Waals surface area contributed by atoms with Crippen molar-refractivity contribution in [1.29, 1.82) is 0 Å². The van der Waals surface area contributed by atoms with Crippen molar-refractivity contribution in [3.8, 4) is 0 Å². The first-order chi connectivity index (χ1) is 4.86. The molecule has 2 N–H and O–H groups in total. The van der Waals surface area contributed by atoms with Crippen LogP contribution in [-0.2, 0) is 7.05 Å². The van der Waals surface area contributed by atoms with Crippen LogP contribution in [-0.4, -0.2) is 11.7 Å². The van der Waals surface area contributed by atoms with Crippen LogP contribution in [0.1, 0.15) is 0 Å². The summed E-state index contributed by atoms with van der Waals surface area (Å²) < 4.78 is 1.92. The third-order valence-electron chi connectivity index (χ3n) is 1.49. The molecule has 1 aromatic heterocycles. The molecule has 4 heteroatoms. The van der Waals surface area contributed by atoms with E-state index in [1.807, 2.05) is 17.8 Å². The average Bonchev–Trinajstić information content (AvgIpc) is 2.33. The number of anilines is 2. The Hall–Kier alpha value is -1.32. The van der Waals surface area contributed by atoms with Gasteiger partial charge in [0.2, 0.25) is 0 Å². The molecule has 1 aliphatic heterocycles. The molecule has 0 atom stereocenters. The van der Waals surface area contributed by atoms with Crippen LogP contribution < -0.4 is 15.2 Å². The molecule has 0 amide bonds. The van der Waals surface area contributed by atoms with Crippen LogP contribution in [0.3, 0.4) is 0 Å². The Balaban J connectivity index is 2.52. The first kappa shape index (κ1) is 5.46. The van der Waals surface area contributed by atoms with Gasteiger partial charge in [0, 0.05) is 0 Å². The number of nitrogens with zero attached hydrogens (tertiary/aromatic N) is 2. The molecule has 0 radical (unpaired) electrons. The Morgan fingerprint density at radius 2 is 2.50 bits per heavy atom. The lowest BCUT2D eigenvalue weighted by molar-refractivity contribution is -0.673. The zero-order valence-corrected chi connectivity index (χ0v) is 5.76. The van der Waals surface area contributed by atoms with E-state index in [1.165, 1.54) is 0 Å². The highest BCUT2D eigenvalue weighted by Gasteiger charge is 2.15. The minimum Gasteiger partial charge on any atom is -0.360 e. The first-order valence-electron chi connectivity index (χ1n) is 3.19. The third kappa shape index (κ3) is 0.689. The quantitative estimate of drug-likeness (QED) is 0.482. The lowest BCUT2D eigenvalue weighted by Crippen LogP contribution is -2.27. The number of hydrogen-bond donors (Lipinski definition) is 2. The monoisotopic (exact) mass is 137 g/mol. The Morgan fingerprint density at radius 3 is 3.40 bits per heavy atom. The fourth-order valence-corrected chi connectivity index (χ4v) is 1.01. The summed E-state index contributed by atoms with van der Waals surface area (Å²) in [4.78, 5) is 4.15. The van der Waals surface area contributed by atoms with E-state index in [1.54, 1.807) is 6.33 Å². The van der Waals surface area contributed by atoms with Crippen molar-refractivity contribution in [2.24, 2.45) is 7.05 Å². The molecule has 0 aliphatic carbocycles. The van der Waals surface area contributed by atoms with Gasteiger partial charge in [-0.15, -0.1) is 0 Å². The summed E-state index contributed by atoms with van der Waals surface area (Å²) in [6, 6.07) is 0. The minimum atomic E-state index is 0.784. The molecule has 10 heavy (non-hydrogen) atoms. The predicted octanol–water partition coefficient (Wildman–Crippen LogP) is -0.299. The van der Waals surface area contributed by atoms with Crippen molar-refractivity contribution >= 4 is 11.5 Å². The molecule has 0 unspecified atom stereocenters.